The molecule has 0 spiro atoms. The number of benzene rings is 2. The molecule has 0 unspecified atom stereocenters. The molecule has 0 aliphatic rings. The van der Waals surface area contributed by atoms with Crippen LogP contribution in [0.4, 0.5) is 0 Å². The molecular weight excluding hydrogens is 346 g/mol. The van der Waals surface area contributed by atoms with Gasteiger partial charge in [-0.15, -0.1) is 0 Å². The summed E-state index contributed by atoms with van der Waals surface area (Å²) in [5, 5.41) is 3.44. The van der Waals surface area contributed by atoms with Crippen LogP contribution >= 0.6 is 0 Å². The van der Waals surface area contributed by atoms with Crippen molar-refractivity contribution < 1.29 is 4.42 Å². The van der Waals surface area contributed by atoms with Gasteiger partial charge in [0.1, 0.15) is 11.4 Å². The highest BCUT2D eigenvalue weighted by molar-refractivity contribution is 6.12. The van der Waals surface area contributed by atoms with Crippen molar-refractivity contribution in [3.63, 3.8) is 0 Å². The van der Waals surface area contributed by atoms with E-state index >= 15 is 0 Å². The van der Waals surface area contributed by atoms with E-state index in [0.29, 0.717) is 0 Å². The second kappa shape index (κ2) is 5.79. The Labute approximate surface area is 160 Å². The molecule has 0 fully saturated rings. The monoisotopic (exact) mass is 361 g/mol. The molecule has 2 aromatic carbocycles. The number of aromatic nitrogens is 3. The third kappa shape index (κ3) is 2.18. The van der Waals surface area contributed by atoms with Crippen molar-refractivity contribution in [3.05, 3.63) is 91.6 Å². The minimum absolute atomic E-state index is 0.890. The van der Waals surface area contributed by atoms with E-state index in [1.54, 1.807) is 12.5 Å². The Balaban J connectivity index is 1.62. The van der Waals surface area contributed by atoms with E-state index in [9.17, 15) is 0 Å². The van der Waals surface area contributed by atoms with Crippen LogP contribution in [-0.2, 0) is 0 Å². The number of hydrogen-bond acceptors (Lipinski definition) is 3. The number of furan rings is 1. The molecule has 0 radical (unpaired) electrons. The van der Waals surface area contributed by atoms with Gasteiger partial charge in [0.2, 0.25) is 0 Å². The normalized spacial score (nSPS) is 11.6. The summed E-state index contributed by atoms with van der Waals surface area (Å²) in [6.45, 7) is 0. The van der Waals surface area contributed by atoms with Crippen molar-refractivity contribution in [2.24, 2.45) is 0 Å². The topological polar surface area (TPSA) is 43.9 Å². The zero-order chi connectivity index (χ0) is 18.5. The van der Waals surface area contributed by atoms with Crippen LogP contribution < -0.4 is 0 Å². The molecular formula is C24H15N3O. The van der Waals surface area contributed by atoms with Gasteiger partial charge in [0, 0.05) is 45.9 Å². The molecule has 0 aliphatic heterocycles. The van der Waals surface area contributed by atoms with Gasteiger partial charge in [-0.2, -0.15) is 0 Å². The fourth-order valence-corrected chi connectivity index (χ4v) is 3.89. The summed E-state index contributed by atoms with van der Waals surface area (Å²) in [7, 11) is 0. The van der Waals surface area contributed by atoms with Gasteiger partial charge in [-0.1, -0.05) is 24.3 Å². The first-order valence-electron chi connectivity index (χ1n) is 9.16. The van der Waals surface area contributed by atoms with Gasteiger partial charge in [-0.3, -0.25) is 9.55 Å². The van der Waals surface area contributed by atoms with Crippen LogP contribution in [-0.4, -0.2) is 14.5 Å². The lowest BCUT2D eigenvalue weighted by atomic mass is 10.1. The molecule has 6 rings (SSSR count). The Kier molecular flexibility index (Phi) is 3.14. The zero-order valence-electron chi connectivity index (χ0n) is 14.9. The number of fused-ring (bicyclic) bond motifs is 4. The summed E-state index contributed by atoms with van der Waals surface area (Å²) in [4.78, 5) is 8.97. The third-order valence-corrected chi connectivity index (χ3v) is 5.22. The molecule has 0 N–H and O–H groups in total. The van der Waals surface area contributed by atoms with E-state index in [-0.39, 0.29) is 0 Å². The van der Waals surface area contributed by atoms with E-state index in [4.69, 9.17) is 9.40 Å². The van der Waals surface area contributed by atoms with Gasteiger partial charge < -0.3 is 4.42 Å². The van der Waals surface area contributed by atoms with Gasteiger partial charge in [-0.05, 0) is 42.5 Å². The first-order valence-corrected chi connectivity index (χ1v) is 9.16. The molecule has 0 amide bonds. The maximum Gasteiger partial charge on any atom is 0.137 e. The van der Waals surface area contributed by atoms with Crippen molar-refractivity contribution in [2.75, 3.05) is 0 Å². The number of pyridine rings is 2. The van der Waals surface area contributed by atoms with Crippen LogP contribution in [0.1, 0.15) is 0 Å². The first kappa shape index (κ1) is 15.2. The molecule has 132 valence electrons. The highest BCUT2D eigenvalue weighted by Gasteiger charge is 2.14. The summed E-state index contributed by atoms with van der Waals surface area (Å²) in [5.74, 6) is 0.890. The summed E-state index contributed by atoms with van der Waals surface area (Å²) in [5.41, 5.74) is 5.26. The summed E-state index contributed by atoms with van der Waals surface area (Å²) in [6, 6.07) is 22.8. The SMILES string of the molecule is c1cncc(-c2ccc(-n3c4ccccc4c4cc5occc5cc43)nc2)c1. The molecule has 0 bridgehead atoms. The van der Waals surface area contributed by atoms with Gasteiger partial charge in [0.05, 0.1) is 17.3 Å². The van der Waals surface area contributed by atoms with E-state index in [1.807, 2.05) is 30.6 Å². The molecule has 4 heteroatoms. The van der Waals surface area contributed by atoms with Gasteiger partial charge in [0.15, 0.2) is 0 Å². The molecule has 0 saturated carbocycles. The molecule has 0 atom stereocenters. The van der Waals surface area contributed by atoms with Crippen molar-refractivity contribution >= 4 is 32.8 Å². The average Bonchev–Trinajstić information content (AvgIpc) is 3.35. The average molecular weight is 361 g/mol. The van der Waals surface area contributed by atoms with E-state index in [2.05, 4.69) is 58.1 Å². The van der Waals surface area contributed by atoms with E-state index < -0.39 is 0 Å². The van der Waals surface area contributed by atoms with Crippen LogP contribution in [0.25, 0.3) is 49.7 Å². The maximum atomic E-state index is 5.62. The third-order valence-electron chi connectivity index (χ3n) is 5.22. The van der Waals surface area contributed by atoms with Gasteiger partial charge in [0.25, 0.3) is 0 Å². The Morgan fingerprint density at radius 1 is 0.750 bits per heavy atom. The molecule has 0 aliphatic carbocycles. The fourth-order valence-electron chi connectivity index (χ4n) is 3.89. The van der Waals surface area contributed by atoms with E-state index in [0.717, 1.165) is 44.3 Å². The highest BCUT2D eigenvalue weighted by Crippen LogP contribution is 2.34. The molecule has 28 heavy (non-hydrogen) atoms. The van der Waals surface area contributed by atoms with Crippen LogP contribution in [0.5, 0.6) is 0 Å². The standard InChI is InChI=1S/C24H15N3O/c1-2-6-21-19(5-1)20-13-23-16(9-11-28-23)12-22(20)27(21)24-8-7-18(15-26-24)17-4-3-10-25-14-17/h1-15H. The number of rotatable bonds is 2. The minimum atomic E-state index is 0.890. The second-order valence-electron chi connectivity index (χ2n) is 6.83. The number of nitrogens with zero attached hydrogens (tertiary/aromatic N) is 3. The van der Waals surface area contributed by atoms with Crippen molar-refractivity contribution in [3.8, 4) is 16.9 Å². The predicted octanol–water partition coefficient (Wildman–Crippen LogP) is 5.99. The molecule has 4 nitrogen and oxygen atoms in total. The summed E-state index contributed by atoms with van der Waals surface area (Å²) < 4.78 is 7.84. The number of hydrogen-bond donors (Lipinski definition) is 0. The highest BCUT2D eigenvalue weighted by atomic mass is 16.3. The zero-order valence-corrected chi connectivity index (χ0v) is 14.9. The van der Waals surface area contributed by atoms with Crippen LogP contribution in [0.3, 0.4) is 0 Å². The number of para-hydroxylation sites is 1. The van der Waals surface area contributed by atoms with Crippen molar-refractivity contribution in [2.45, 2.75) is 0 Å². The lowest BCUT2D eigenvalue weighted by Gasteiger charge is -2.08. The first-order chi connectivity index (χ1) is 13.9. The Morgan fingerprint density at radius 3 is 2.54 bits per heavy atom. The summed E-state index contributed by atoms with van der Waals surface area (Å²) in [6.07, 6.45) is 7.27. The second-order valence-corrected chi connectivity index (χ2v) is 6.83. The molecule has 4 heterocycles. The quantitative estimate of drug-likeness (QED) is 0.381. The largest absolute Gasteiger partial charge is 0.464 e. The van der Waals surface area contributed by atoms with Crippen molar-refractivity contribution in [1.82, 2.24) is 14.5 Å². The Hall–Kier alpha value is -3.92. The lowest BCUT2D eigenvalue weighted by Crippen LogP contribution is -1.97. The lowest BCUT2D eigenvalue weighted by molar-refractivity contribution is 0.616. The predicted molar refractivity (Wildman–Crippen MR) is 112 cm³/mol. The molecule has 0 saturated heterocycles. The van der Waals surface area contributed by atoms with Crippen LogP contribution in [0.15, 0.2) is 96.0 Å². The van der Waals surface area contributed by atoms with Crippen LogP contribution in [0.2, 0.25) is 0 Å². The Morgan fingerprint density at radius 2 is 1.68 bits per heavy atom. The van der Waals surface area contributed by atoms with Crippen molar-refractivity contribution in [1.29, 1.82) is 0 Å². The minimum Gasteiger partial charge on any atom is -0.464 e. The van der Waals surface area contributed by atoms with Gasteiger partial charge >= 0.3 is 0 Å². The fraction of sp³-hybridized carbons (Fsp3) is 0. The Bertz CT molecular complexity index is 1440. The maximum absolute atomic E-state index is 5.62. The van der Waals surface area contributed by atoms with E-state index in [1.165, 1.54) is 5.39 Å². The van der Waals surface area contributed by atoms with Gasteiger partial charge in [-0.25, -0.2) is 4.98 Å². The summed E-state index contributed by atoms with van der Waals surface area (Å²) >= 11 is 0. The smallest absolute Gasteiger partial charge is 0.137 e. The van der Waals surface area contributed by atoms with Crippen LogP contribution in [0, 0.1) is 0 Å². The molecule has 6 aromatic rings. The molecule has 4 aromatic heterocycles.